The molecule has 1 fully saturated rings. The number of ketones is 1. The molecule has 4 rings (SSSR count). The van der Waals surface area contributed by atoms with Crippen molar-refractivity contribution in [3.63, 3.8) is 0 Å². The quantitative estimate of drug-likeness (QED) is 0.170. The van der Waals surface area contributed by atoms with Crippen LogP contribution in [-0.4, -0.2) is 49.1 Å². The maximum atomic E-state index is 13.3. The second-order valence-electron chi connectivity index (χ2n) is 9.34. The van der Waals surface area contributed by atoms with E-state index in [1.807, 2.05) is 74.5 Å². The van der Waals surface area contributed by atoms with Gasteiger partial charge in [-0.2, -0.15) is 0 Å². The van der Waals surface area contributed by atoms with E-state index in [-0.39, 0.29) is 11.3 Å². The van der Waals surface area contributed by atoms with Crippen LogP contribution in [0.15, 0.2) is 72.3 Å². The molecule has 1 amide bonds. The zero-order chi connectivity index (χ0) is 27.2. The summed E-state index contributed by atoms with van der Waals surface area (Å²) in [6, 6.07) is 20.1. The number of benzene rings is 3. The number of ether oxygens (including phenoxy) is 3. The molecule has 7 nitrogen and oxygen atoms in total. The number of aliphatic hydroxyl groups is 1. The molecule has 3 aromatic rings. The van der Waals surface area contributed by atoms with E-state index in [9.17, 15) is 14.7 Å². The first-order valence-electron chi connectivity index (χ1n) is 12.5. The van der Waals surface area contributed by atoms with Crippen molar-refractivity contribution < 1.29 is 28.9 Å². The molecule has 38 heavy (non-hydrogen) atoms. The molecule has 1 aliphatic rings. The molecule has 198 valence electrons. The van der Waals surface area contributed by atoms with Crippen LogP contribution in [0.25, 0.3) is 5.76 Å². The van der Waals surface area contributed by atoms with E-state index in [0.717, 1.165) is 16.7 Å². The molecule has 1 atom stereocenters. The third-order valence-corrected chi connectivity index (χ3v) is 6.61. The molecule has 3 aromatic carbocycles. The number of amides is 1. The number of methoxy groups -OCH3 is 2. The minimum absolute atomic E-state index is 0.0358. The molecule has 0 saturated carbocycles. The molecule has 7 heteroatoms. The Morgan fingerprint density at radius 2 is 1.68 bits per heavy atom. The molecule has 0 aliphatic carbocycles. The fourth-order valence-electron chi connectivity index (χ4n) is 4.87. The van der Waals surface area contributed by atoms with Crippen LogP contribution in [0.2, 0.25) is 0 Å². The number of likely N-dealkylation sites (tertiary alicyclic amines) is 1. The second-order valence-corrected chi connectivity index (χ2v) is 9.34. The molecule has 0 radical (unpaired) electrons. The summed E-state index contributed by atoms with van der Waals surface area (Å²) in [7, 11) is 3.11. The first kappa shape index (κ1) is 26.9. The SMILES string of the molecule is COCCCN1C(=O)C(=O)/C(=C(/O)c2cc(C)cc(C)c2OC)C1c1ccc(OCc2ccccc2)cc1. The third-order valence-electron chi connectivity index (χ3n) is 6.61. The zero-order valence-electron chi connectivity index (χ0n) is 22.2. The van der Waals surface area contributed by atoms with Gasteiger partial charge in [-0.1, -0.05) is 48.5 Å². The number of aliphatic hydroxyl groups excluding tert-OH is 1. The summed E-state index contributed by atoms with van der Waals surface area (Å²) in [5.41, 5.74) is 3.88. The number of hydrogen-bond acceptors (Lipinski definition) is 6. The second kappa shape index (κ2) is 12.0. The highest BCUT2D eigenvalue weighted by Gasteiger charge is 2.46. The van der Waals surface area contributed by atoms with E-state index in [0.29, 0.717) is 48.8 Å². The zero-order valence-corrected chi connectivity index (χ0v) is 22.2. The maximum absolute atomic E-state index is 13.3. The summed E-state index contributed by atoms with van der Waals surface area (Å²) in [6.45, 7) is 4.93. The monoisotopic (exact) mass is 515 g/mol. The van der Waals surface area contributed by atoms with Gasteiger partial charge >= 0.3 is 0 Å². The lowest BCUT2D eigenvalue weighted by atomic mass is 9.93. The number of carbonyl (C=O) groups is 2. The van der Waals surface area contributed by atoms with E-state index in [1.54, 1.807) is 13.2 Å². The Labute approximate surface area is 223 Å². The van der Waals surface area contributed by atoms with Gasteiger partial charge < -0.3 is 24.2 Å². The Hall–Kier alpha value is -4.10. The van der Waals surface area contributed by atoms with Crippen molar-refractivity contribution in [2.45, 2.75) is 32.9 Å². The smallest absolute Gasteiger partial charge is 0.295 e. The van der Waals surface area contributed by atoms with Crippen LogP contribution in [0.3, 0.4) is 0 Å². The summed E-state index contributed by atoms with van der Waals surface area (Å²) >= 11 is 0. The number of rotatable bonds is 10. The minimum Gasteiger partial charge on any atom is -0.507 e. The molecule has 1 heterocycles. The van der Waals surface area contributed by atoms with Gasteiger partial charge in [-0.25, -0.2) is 0 Å². The number of Topliss-reactive ketones (excluding diaryl/α,β-unsaturated/α-hetero) is 1. The summed E-state index contributed by atoms with van der Waals surface area (Å²) in [4.78, 5) is 28.0. The predicted octanol–water partition coefficient (Wildman–Crippen LogP) is 5.35. The molecule has 0 aromatic heterocycles. The van der Waals surface area contributed by atoms with Crippen LogP contribution in [-0.2, 0) is 20.9 Å². The number of carbonyl (C=O) groups excluding carboxylic acids is 2. The lowest BCUT2D eigenvalue weighted by Gasteiger charge is -2.25. The van der Waals surface area contributed by atoms with E-state index in [4.69, 9.17) is 14.2 Å². The van der Waals surface area contributed by atoms with Crippen molar-refractivity contribution in [1.82, 2.24) is 4.90 Å². The summed E-state index contributed by atoms with van der Waals surface area (Å²) in [6.07, 6.45) is 0.547. The molecule has 0 spiro atoms. The highest BCUT2D eigenvalue weighted by atomic mass is 16.5. The predicted molar refractivity (Wildman–Crippen MR) is 145 cm³/mol. The van der Waals surface area contributed by atoms with Crippen molar-refractivity contribution in [3.05, 3.63) is 100 Å². The average molecular weight is 516 g/mol. The van der Waals surface area contributed by atoms with Crippen molar-refractivity contribution >= 4 is 17.4 Å². The fourth-order valence-corrected chi connectivity index (χ4v) is 4.87. The highest BCUT2D eigenvalue weighted by Crippen LogP contribution is 2.42. The van der Waals surface area contributed by atoms with Crippen LogP contribution in [0.5, 0.6) is 11.5 Å². The topological polar surface area (TPSA) is 85.3 Å². The van der Waals surface area contributed by atoms with E-state index >= 15 is 0 Å². The third kappa shape index (κ3) is 5.58. The lowest BCUT2D eigenvalue weighted by Crippen LogP contribution is -2.31. The van der Waals surface area contributed by atoms with Gasteiger partial charge in [-0.15, -0.1) is 0 Å². The van der Waals surface area contributed by atoms with Gasteiger partial charge in [0, 0.05) is 20.3 Å². The minimum atomic E-state index is -0.763. The maximum Gasteiger partial charge on any atom is 0.295 e. The Morgan fingerprint density at radius 1 is 0.974 bits per heavy atom. The van der Waals surface area contributed by atoms with Crippen LogP contribution in [0.1, 0.15) is 40.3 Å². The van der Waals surface area contributed by atoms with Gasteiger partial charge in [0.05, 0.1) is 24.3 Å². The van der Waals surface area contributed by atoms with Gasteiger partial charge in [0.2, 0.25) is 0 Å². The number of aryl methyl sites for hydroxylation is 2. The molecule has 1 N–H and O–H groups in total. The lowest BCUT2D eigenvalue weighted by molar-refractivity contribution is -0.140. The van der Waals surface area contributed by atoms with Crippen molar-refractivity contribution in [3.8, 4) is 11.5 Å². The Balaban J connectivity index is 1.74. The van der Waals surface area contributed by atoms with Crippen molar-refractivity contribution in [1.29, 1.82) is 0 Å². The van der Waals surface area contributed by atoms with Gasteiger partial charge in [-0.3, -0.25) is 9.59 Å². The largest absolute Gasteiger partial charge is 0.507 e. The van der Waals surface area contributed by atoms with E-state index < -0.39 is 17.7 Å². The standard InChI is InChI=1S/C31H33NO6/c1-20-17-21(2)30(37-4)25(18-20)28(33)26-27(32(15-8-16-36-3)31(35)29(26)34)23-11-13-24(14-12-23)38-19-22-9-6-5-7-10-22/h5-7,9-14,17-18,27,33H,8,15-16,19H2,1-4H3/b28-26+. The van der Waals surface area contributed by atoms with Crippen molar-refractivity contribution in [2.24, 2.45) is 0 Å². The van der Waals surface area contributed by atoms with Crippen LogP contribution < -0.4 is 9.47 Å². The van der Waals surface area contributed by atoms with Gasteiger partial charge in [0.1, 0.15) is 23.9 Å². The van der Waals surface area contributed by atoms with Gasteiger partial charge in [0.15, 0.2) is 0 Å². The fraction of sp³-hybridized carbons (Fsp3) is 0.290. The van der Waals surface area contributed by atoms with Crippen LogP contribution >= 0.6 is 0 Å². The van der Waals surface area contributed by atoms with Gasteiger partial charge in [0.25, 0.3) is 11.7 Å². The summed E-state index contributed by atoms with van der Waals surface area (Å²) in [5.74, 6) is -0.515. The molecule has 1 saturated heterocycles. The highest BCUT2D eigenvalue weighted by molar-refractivity contribution is 6.46. The van der Waals surface area contributed by atoms with E-state index in [1.165, 1.54) is 12.0 Å². The Morgan fingerprint density at radius 3 is 2.34 bits per heavy atom. The molecular weight excluding hydrogens is 482 g/mol. The first-order valence-corrected chi connectivity index (χ1v) is 12.5. The molecular formula is C31H33NO6. The first-order chi connectivity index (χ1) is 18.3. The van der Waals surface area contributed by atoms with Crippen molar-refractivity contribution in [2.75, 3.05) is 27.4 Å². The Kier molecular flexibility index (Phi) is 8.48. The normalized spacial score (nSPS) is 16.6. The number of hydrogen-bond donors (Lipinski definition) is 1. The number of nitrogens with zero attached hydrogens (tertiary/aromatic N) is 1. The van der Waals surface area contributed by atoms with Crippen LogP contribution in [0.4, 0.5) is 0 Å². The van der Waals surface area contributed by atoms with Crippen LogP contribution in [0, 0.1) is 13.8 Å². The molecule has 0 bridgehead atoms. The molecule has 1 aliphatic heterocycles. The summed E-state index contributed by atoms with van der Waals surface area (Å²) < 4.78 is 16.6. The molecule has 1 unspecified atom stereocenters. The average Bonchev–Trinajstić information content (AvgIpc) is 3.17. The van der Waals surface area contributed by atoms with Gasteiger partial charge in [-0.05, 0) is 60.7 Å². The Bertz CT molecular complexity index is 1330. The van der Waals surface area contributed by atoms with E-state index in [2.05, 4.69) is 0 Å². The summed E-state index contributed by atoms with van der Waals surface area (Å²) in [5, 5.41) is 11.5.